The molecule has 2 aromatic carbocycles. The lowest BCUT2D eigenvalue weighted by atomic mass is 10.1. The van der Waals surface area contributed by atoms with Gasteiger partial charge in [-0.15, -0.1) is 0 Å². The summed E-state index contributed by atoms with van der Waals surface area (Å²) >= 11 is 0. The van der Waals surface area contributed by atoms with Crippen molar-refractivity contribution in [3.8, 4) is 0 Å². The number of anilines is 2. The first kappa shape index (κ1) is 20.6. The number of nitro benzene ring substituents is 1. The van der Waals surface area contributed by atoms with Crippen molar-refractivity contribution in [3.05, 3.63) is 63.7 Å². The van der Waals surface area contributed by atoms with E-state index in [-0.39, 0.29) is 11.6 Å². The summed E-state index contributed by atoms with van der Waals surface area (Å²) < 4.78 is 5.38. The molecule has 0 spiro atoms. The van der Waals surface area contributed by atoms with Gasteiger partial charge in [-0.3, -0.25) is 14.9 Å². The number of hydrogen-bond acceptors (Lipinski definition) is 6. The first-order chi connectivity index (χ1) is 13.9. The van der Waals surface area contributed by atoms with Crippen LogP contribution >= 0.6 is 0 Å². The summed E-state index contributed by atoms with van der Waals surface area (Å²) in [6.07, 6.45) is 0. The standard InChI is InChI=1S/C21H26N4O4/c1-22(2)20-9-8-18(25(27)28)14-19(20)21(26)23(3)15-16-4-6-17(7-5-16)24-10-12-29-13-11-24/h4-9,14H,10-13,15H2,1-3H3. The van der Waals surface area contributed by atoms with E-state index in [9.17, 15) is 14.9 Å². The maximum Gasteiger partial charge on any atom is 0.270 e. The minimum atomic E-state index is -0.486. The van der Waals surface area contributed by atoms with Gasteiger partial charge in [0.2, 0.25) is 0 Å². The third-order valence-electron chi connectivity index (χ3n) is 4.98. The number of morpholine rings is 1. The lowest BCUT2D eigenvalue weighted by Gasteiger charge is -2.29. The van der Waals surface area contributed by atoms with Gasteiger partial charge in [0.1, 0.15) is 0 Å². The van der Waals surface area contributed by atoms with Crippen LogP contribution in [0.25, 0.3) is 0 Å². The molecule has 29 heavy (non-hydrogen) atoms. The minimum absolute atomic E-state index is 0.0952. The van der Waals surface area contributed by atoms with Crippen LogP contribution in [0.1, 0.15) is 15.9 Å². The van der Waals surface area contributed by atoms with Gasteiger partial charge in [-0.1, -0.05) is 12.1 Å². The smallest absolute Gasteiger partial charge is 0.270 e. The van der Waals surface area contributed by atoms with Crippen LogP contribution in [-0.4, -0.2) is 63.2 Å². The first-order valence-corrected chi connectivity index (χ1v) is 9.49. The number of ether oxygens (including phenoxy) is 1. The Morgan fingerprint density at radius 3 is 2.34 bits per heavy atom. The fraction of sp³-hybridized carbons (Fsp3) is 0.381. The monoisotopic (exact) mass is 398 g/mol. The number of carbonyl (C=O) groups is 1. The zero-order valence-corrected chi connectivity index (χ0v) is 17.0. The summed E-state index contributed by atoms with van der Waals surface area (Å²) in [5.41, 5.74) is 3.00. The Balaban J connectivity index is 1.75. The molecule has 0 radical (unpaired) electrons. The molecule has 8 heteroatoms. The molecular weight excluding hydrogens is 372 g/mol. The lowest BCUT2D eigenvalue weighted by molar-refractivity contribution is -0.384. The van der Waals surface area contributed by atoms with E-state index in [0.29, 0.717) is 17.8 Å². The second kappa shape index (κ2) is 8.91. The Morgan fingerprint density at radius 1 is 1.10 bits per heavy atom. The second-order valence-corrected chi connectivity index (χ2v) is 7.28. The van der Waals surface area contributed by atoms with E-state index in [4.69, 9.17) is 4.74 Å². The Kier molecular flexibility index (Phi) is 6.33. The SMILES string of the molecule is CN(Cc1ccc(N2CCOCC2)cc1)C(=O)c1cc([N+](=O)[O-])ccc1N(C)C. The lowest BCUT2D eigenvalue weighted by Crippen LogP contribution is -2.36. The van der Waals surface area contributed by atoms with Gasteiger partial charge in [-0.2, -0.15) is 0 Å². The van der Waals surface area contributed by atoms with Crippen LogP contribution in [-0.2, 0) is 11.3 Å². The van der Waals surface area contributed by atoms with E-state index in [1.807, 2.05) is 26.2 Å². The highest BCUT2D eigenvalue weighted by atomic mass is 16.6. The normalized spacial score (nSPS) is 13.8. The maximum atomic E-state index is 13.0. The third kappa shape index (κ3) is 4.83. The largest absolute Gasteiger partial charge is 0.378 e. The third-order valence-corrected chi connectivity index (χ3v) is 4.98. The number of hydrogen-bond donors (Lipinski definition) is 0. The Hall–Kier alpha value is -3.13. The minimum Gasteiger partial charge on any atom is -0.378 e. The van der Waals surface area contributed by atoms with Gasteiger partial charge >= 0.3 is 0 Å². The van der Waals surface area contributed by atoms with Gasteiger partial charge in [0.15, 0.2) is 0 Å². The molecule has 8 nitrogen and oxygen atoms in total. The summed E-state index contributed by atoms with van der Waals surface area (Å²) in [4.78, 5) is 29.3. The fourth-order valence-electron chi connectivity index (χ4n) is 3.38. The van der Waals surface area contributed by atoms with E-state index < -0.39 is 4.92 Å². The first-order valence-electron chi connectivity index (χ1n) is 9.49. The van der Waals surface area contributed by atoms with Crippen LogP contribution in [0.5, 0.6) is 0 Å². The fourth-order valence-corrected chi connectivity index (χ4v) is 3.38. The van der Waals surface area contributed by atoms with Crippen LogP contribution in [0.3, 0.4) is 0 Å². The van der Waals surface area contributed by atoms with Crippen molar-refractivity contribution in [2.75, 3.05) is 57.2 Å². The van der Waals surface area contributed by atoms with Gasteiger partial charge in [-0.25, -0.2) is 0 Å². The van der Waals surface area contributed by atoms with Crippen molar-refractivity contribution in [1.29, 1.82) is 0 Å². The molecule has 1 heterocycles. The van der Waals surface area contributed by atoms with E-state index in [0.717, 1.165) is 37.6 Å². The molecule has 1 saturated heterocycles. The molecule has 154 valence electrons. The van der Waals surface area contributed by atoms with E-state index in [1.54, 1.807) is 22.9 Å². The Bertz CT molecular complexity index is 877. The van der Waals surface area contributed by atoms with Crippen LogP contribution in [0.15, 0.2) is 42.5 Å². The molecule has 0 bridgehead atoms. The molecule has 3 rings (SSSR count). The van der Waals surface area contributed by atoms with Crippen molar-refractivity contribution in [1.82, 2.24) is 4.90 Å². The Labute approximate surface area is 170 Å². The molecule has 1 aliphatic rings. The van der Waals surface area contributed by atoms with Crippen molar-refractivity contribution in [3.63, 3.8) is 0 Å². The summed E-state index contributed by atoms with van der Waals surface area (Å²) in [5, 5.41) is 11.1. The highest BCUT2D eigenvalue weighted by Crippen LogP contribution is 2.26. The summed E-state index contributed by atoms with van der Waals surface area (Å²) in [5.74, 6) is -0.255. The molecule has 1 amide bonds. The highest BCUT2D eigenvalue weighted by molar-refractivity contribution is 6.00. The zero-order chi connectivity index (χ0) is 21.0. The van der Waals surface area contributed by atoms with Gasteiger partial charge < -0.3 is 19.4 Å². The van der Waals surface area contributed by atoms with Crippen LogP contribution in [0.4, 0.5) is 17.1 Å². The number of nitrogens with zero attached hydrogens (tertiary/aromatic N) is 4. The molecule has 0 aliphatic carbocycles. The summed E-state index contributed by atoms with van der Waals surface area (Å²) in [6, 6.07) is 12.5. The van der Waals surface area contributed by atoms with Gasteiger partial charge in [0, 0.05) is 64.3 Å². The van der Waals surface area contributed by atoms with Crippen LogP contribution in [0.2, 0.25) is 0 Å². The average molecular weight is 398 g/mol. The predicted molar refractivity (Wildman–Crippen MR) is 113 cm³/mol. The summed E-state index contributed by atoms with van der Waals surface area (Å²) in [6.45, 7) is 3.63. The van der Waals surface area contributed by atoms with Crippen molar-refractivity contribution in [2.24, 2.45) is 0 Å². The van der Waals surface area contributed by atoms with Gasteiger partial charge in [0.05, 0.1) is 23.7 Å². The molecule has 0 N–H and O–H groups in total. The predicted octanol–water partition coefficient (Wildman–Crippen LogP) is 2.77. The van der Waals surface area contributed by atoms with Crippen molar-refractivity contribution in [2.45, 2.75) is 6.54 Å². The molecule has 0 atom stereocenters. The van der Waals surface area contributed by atoms with Gasteiger partial charge in [0.25, 0.3) is 11.6 Å². The van der Waals surface area contributed by atoms with Gasteiger partial charge in [-0.05, 0) is 23.8 Å². The van der Waals surface area contributed by atoms with E-state index in [1.165, 1.54) is 12.1 Å². The number of amides is 1. The molecule has 0 saturated carbocycles. The number of benzene rings is 2. The van der Waals surface area contributed by atoms with Crippen LogP contribution in [0, 0.1) is 10.1 Å². The quantitative estimate of drug-likeness (QED) is 0.550. The van der Waals surface area contributed by atoms with Crippen molar-refractivity contribution >= 4 is 23.0 Å². The molecule has 0 unspecified atom stereocenters. The zero-order valence-electron chi connectivity index (χ0n) is 17.0. The molecular formula is C21H26N4O4. The number of nitro groups is 1. The summed E-state index contributed by atoms with van der Waals surface area (Å²) in [7, 11) is 5.32. The molecule has 1 fully saturated rings. The Morgan fingerprint density at radius 2 is 1.76 bits per heavy atom. The number of rotatable bonds is 6. The van der Waals surface area contributed by atoms with Crippen LogP contribution < -0.4 is 9.80 Å². The number of carbonyl (C=O) groups excluding carboxylic acids is 1. The van der Waals surface area contributed by atoms with Crippen molar-refractivity contribution < 1.29 is 14.5 Å². The topological polar surface area (TPSA) is 79.2 Å². The van der Waals surface area contributed by atoms with E-state index >= 15 is 0 Å². The molecule has 2 aromatic rings. The average Bonchev–Trinajstić information content (AvgIpc) is 2.73. The second-order valence-electron chi connectivity index (χ2n) is 7.28. The highest BCUT2D eigenvalue weighted by Gasteiger charge is 2.21. The number of non-ortho nitro benzene ring substituents is 1. The molecule has 1 aliphatic heterocycles. The van der Waals surface area contributed by atoms with E-state index in [2.05, 4.69) is 17.0 Å². The maximum absolute atomic E-state index is 13.0. The molecule has 0 aromatic heterocycles.